The minimum absolute atomic E-state index is 0.274. The van der Waals surface area contributed by atoms with E-state index in [4.69, 9.17) is 117 Å². The Morgan fingerprint density at radius 1 is 0.643 bits per heavy atom. The molecule has 70 heavy (non-hydrogen) atoms. The van der Waals surface area contributed by atoms with Gasteiger partial charge in [-0.3, -0.25) is 14.4 Å². The van der Waals surface area contributed by atoms with Gasteiger partial charge in [-0.05, 0) is 46.5 Å². The number of rotatable bonds is 12. The number of hydrogen-bond acceptors (Lipinski definition) is 16. The lowest BCUT2D eigenvalue weighted by atomic mass is 9.53. The number of esters is 4. The highest BCUT2D eigenvalue weighted by Gasteiger charge is 2.78. The number of ether oxygens (including phenoxy) is 10. The summed E-state index contributed by atoms with van der Waals surface area (Å²) < 4.78 is 56.2. The van der Waals surface area contributed by atoms with Crippen LogP contribution in [0.2, 0.25) is 0 Å². The zero-order chi connectivity index (χ0) is 52.2. The predicted molar refractivity (Wildman–Crippen MR) is 265 cm³/mol. The summed E-state index contributed by atoms with van der Waals surface area (Å²) in [6.07, 6.45) is 7.17. The average molecular weight is 1230 g/mol. The first kappa shape index (κ1) is 57.6. The van der Waals surface area contributed by atoms with Crippen LogP contribution in [0, 0.1) is 35.5 Å². The average Bonchev–Trinajstić information content (AvgIpc) is 3.67. The van der Waals surface area contributed by atoms with Crippen LogP contribution in [0.5, 0.6) is 23.0 Å². The van der Waals surface area contributed by atoms with E-state index in [1.165, 1.54) is 69.0 Å². The van der Waals surface area contributed by atoms with Crippen LogP contribution < -0.4 is 18.9 Å². The molecule has 0 aromatic heterocycles. The molecule has 1 saturated heterocycles. The number of Topliss-reactive ketones (excluding diaryl/α,β-unsaturated/α-hetero) is 1. The quantitative estimate of drug-likeness (QED) is 0.0914. The van der Waals surface area contributed by atoms with E-state index in [2.05, 4.69) is 31.9 Å². The zero-order valence-corrected chi connectivity index (χ0v) is 45.9. The topological polar surface area (TPSA) is 198 Å². The molecule has 11 atom stereocenters. The van der Waals surface area contributed by atoms with Crippen LogP contribution in [0.25, 0.3) is 0 Å². The van der Waals surface area contributed by atoms with E-state index < -0.39 is 103 Å². The van der Waals surface area contributed by atoms with Crippen LogP contribution in [0.15, 0.2) is 80.8 Å². The Hall–Kier alpha value is -3.27. The molecule has 3 fully saturated rings. The van der Waals surface area contributed by atoms with Crippen molar-refractivity contribution in [2.75, 3.05) is 56.9 Å². The summed E-state index contributed by atoms with van der Waals surface area (Å²) in [7, 11) is 10.7. The summed E-state index contributed by atoms with van der Waals surface area (Å²) in [5, 5.41) is 13.3. The second-order valence-corrected chi connectivity index (χ2v) is 21.3. The zero-order valence-electron chi connectivity index (χ0n) is 38.2. The van der Waals surface area contributed by atoms with E-state index in [-0.39, 0.29) is 5.57 Å². The van der Waals surface area contributed by atoms with E-state index in [0.717, 1.165) is 12.2 Å². The number of aliphatic hydroxyl groups is 1. The molecule has 2 saturated carbocycles. The van der Waals surface area contributed by atoms with Gasteiger partial charge in [0.25, 0.3) is 0 Å². The largest absolute Gasteiger partial charge is 0.493 e. The summed E-state index contributed by atoms with van der Waals surface area (Å²) in [4.78, 5) is 68.7. The molecular weight excluding hydrogens is 1180 g/mol. The van der Waals surface area contributed by atoms with Crippen LogP contribution in [0.3, 0.4) is 0 Å². The Balaban J connectivity index is 0.00000106. The first-order valence-electron chi connectivity index (χ1n) is 20.5. The number of allylic oxidation sites excluding steroid dienone is 3. The predicted octanol–water partition coefficient (Wildman–Crippen LogP) is 8.86. The monoisotopic (exact) mass is 1220 g/mol. The number of ketones is 1. The van der Waals surface area contributed by atoms with Crippen molar-refractivity contribution in [3.05, 3.63) is 91.9 Å². The maximum atomic E-state index is 15.5. The number of fused-ring (bicyclic) bond motifs is 2. The van der Waals surface area contributed by atoms with Gasteiger partial charge in [-0.1, -0.05) is 126 Å². The van der Waals surface area contributed by atoms with E-state index in [1.807, 2.05) is 0 Å². The summed E-state index contributed by atoms with van der Waals surface area (Å²) in [6, 6.07) is 6.70. The van der Waals surface area contributed by atoms with E-state index >= 15 is 4.79 Å². The Morgan fingerprint density at radius 2 is 1.07 bits per heavy atom. The molecular formula is C46H46Br2Cl6O16. The molecule has 0 amide bonds. The lowest BCUT2D eigenvalue weighted by Gasteiger charge is -2.54. The first-order chi connectivity index (χ1) is 33.1. The van der Waals surface area contributed by atoms with Crippen molar-refractivity contribution >= 4 is 131 Å². The number of benzene rings is 2. The summed E-state index contributed by atoms with van der Waals surface area (Å²) in [5.74, 6) is -16.2. The summed E-state index contributed by atoms with van der Waals surface area (Å²) in [5.41, 5.74) is 1.61. The van der Waals surface area contributed by atoms with Crippen LogP contribution in [0.1, 0.15) is 23.0 Å². The molecule has 6 aliphatic carbocycles. The first-order valence-corrected chi connectivity index (χ1v) is 24.7. The van der Waals surface area contributed by atoms with Gasteiger partial charge in [-0.2, -0.15) is 0 Å². The molecule has 24 heteroatoms. The van der Waals surface area contributed by atoms with Crippen molar-refractivity contribution in [2.45, 2.75) is 38.1 Å². The molecule has 1 N–H and O–H groups in total. The van der Waals surface area contributed by atoms with Crippen molar-refractivity contribution in [2.24, 2.45) is 35.5 Å². The van der Waals surface area contributed by atoms with Crippen molar-refractivity contribution < 1.29 is 76.4 Å². The van der Waals surface area contributed by atoms with E-state index in [1.54, 1.807) is 36.4 Å². The third-order valence-corrected chi connectivity index (χ3v) is 13.9. The molecule has 2 aromatic carbocycles. The normalized spacial score (nSPS) is 29.1. The maximum Gasteiger partial charge on any atom is 0.330 e. The Bertz CT molecular complexity index is 2460. The van der Waals surface area contributed by atoms with Gasteiger partial charge < -0.3 is 52.5 Å². The lowest BCUT2D eigenvalue weighted by Crippen LogP contribution is -2.65. The van der Waals surface area contributed by atoms with Crippen molar-refractivity contribution in [1.82, 2.24) is 0 Å². The number of carbonyl (C=O) groups is 5. The second kappa shape index (κ2) is 24.2. The highest BCUT2D eigenvalue weighted by atomic mass is 79.9. The Labute approximate surface area is 449 Å². The third kappa shape index (κ3) is 11.1. The van der Waals surface area contributed by atoms with Crippen LogP contribution in [-0.4, -0.2) is 118 Å². The number of carbonyl (C=O) groups excluding carboxylic acids is 5. The van der Waals surface area contributed by atoms with Gasteiger partial charge in [0.2, 0.25) is 17.4 Å². The number of methoxy groups -OCH3 is 8. The highest BCUT2D eigenvalue weighted by molar-refractivity contribution is 9.10. The minimum atomic E-state index is -2.45. The number of alkyl halides is 6. The minimum Gasteiger partial charge on any atom is -0.493 e. The standard InChI is InChI=1S/C44H44Br2O16.2CHCl3/c1-53-27-15-21(25(45)17-29(27)55-3)34-23-13-20(10-12-32(48)58-6)38(37(34)42(51)60-8)43(52)40(23)61-44(62-43)24-14-19(9-11-31(47)57-5)33(39(44)49)36(41(50)59-7)35(24)22-16-28(54-2)30(56-4)18-26(22)46;2*2-1(3)4/h9-18,23-24,33-38,40,52H,1-8H3;2*1H/b11-9+,12-10+;;/t23-,24+,33-,34+,35-,36-,37-,38+,40-,43+,44+;;/m0../s1. The molecule has 1 heterocycles. The molecule has 1 spiro atoms. The van der Waals surface area contributed by atoms with Crippen LogP contribution >= 0.6 is 101 Å². The van der Waals surface area contributed by atoms with Crippen LogP contribution in [0.4, 0.5) is 0 Å². The highest BCUT2D eigenvalue weighted by Crippen LogP contribution is 2.68. The van der Waals surface area contributed by atoms with Gasteiger partial charge >= 0.3 is 23.9 Å². The molecule has 4 bridgehead atoms. The van der Waals surface area contributed by atoms with Crippen molar-refractivity contribution in [1.29, 1.82) is 0 Å². The SMILES string of the molecule is COC(=O)/C=C/C1=C[C@@H]2[C@H](c3cc(OC)c(OC)cc3Br)[C@@H](C(=O)OC)[C@H]1C(=O)[C@@]21O[C@H]2[C@H]3C=C(/C=C/C(=O)OC)[C@H]([C@@H](C(=O)OC)[C@@H]3c3cc(OC)c(OC)cc3Br)[C@@]2(O)O1.ClC(Cl)Cl.ClC(Cl)Cl. The van der Waals surface area contributed by atoms with Gasteiger partial charge in [0, 0.05) is 44.8 Å². The van der Waals surface area contributed by atoms with Gasteiger partial charge in [0.1, 0.15) is 6.10 Å². The van der Waals surface area contributed by atoms with Gasteiger partial charge in [-0.15, -0.1) is 0 Å². The summed E-state index contributed by atoms with van der Waals surface area (Å²) >= 11 is 36.1. The smallest absolute Gasteiger partial charge is 0.330 e. The third-order valence-electron chi connectivity index (χ3n) is 12.6. The van der Waals surface area contributed by atoms with E-state index in [9.17, 15) is 24.3 Å². The fraction of sp³-hybridized carbons (Fsp3) is 0.457. The molecule has 0 radical (unpaired) electrons. The van der Waals surface area contributed by atoms with E-state index in [0.29, 0.717) is 48.6 Å². The van der Waals surface area contributed by atoms with Gasteiger partial charge in [-0.25, -0.2) is 9.59 Å². The molecule has 0 unspecified atom stereocenters. The van der Waals surface area contributed by atoms with Crippen molar-refractivity contribution in [3.8, 4) is 23.0 Å². The molecule has 382 valence electrons. The maximum absolute atomic E-state index is 15.5. The number of hydrogen-bond donors (Lipinski definition) is 1. The number of halogens is 8. The fourth-order valence-corrected chi connectivity index (χ4v) is 11.2. The lowest BCUT2D eigenvalue weighted by molar-refractivity contribution is -0.288. The van der Waals surface area contributed by atoms with Gasteiger partial charge in [0.15, 0.2) is 31.6 Å². The van der Waals surface area contributed by atoms with Crippen molar-refractivity contribution in [3.63, 3.8) is 0 Å². The molecule has 16 nitrogen and oxygen atoms in total. The Kier molecular flexibility index (Phi) is 19.9. The fourth-order valence-electron chi connectivity index (χ4n) is 10.1. The van der Waals surface area contributed by atoms with Gasteiger partial charge in [0.05, 0.1) is 80.6 Å². The molecule has 7 aliphatic rings. The molecule has 2 aromatic rings. The molecule has 1 aliphatic heterocycles. The second-order valence-electron chi connectivity index (χ2n) is 15.6. The Morgan fingerprint density at radius 3 is 1.51 bits per heavy atom. The van der Waals surface area contributed by atoms with Crippen LogP contribution in [-0.2, 0) is 52.4 Å². The summed E-state index contributed by atoms with van der Waals surface area (Å²) in [6.45, 7) is 0. The molecule has 9 rings (SSSR count).